The number of hydrogen-bond acceptors (Lipinski definition) is 4. The molecule has 2 aliphatic heterocycles. The van der Waals surface area contributed by atoms with Gasteiger partial charge in [-0.05, 0) is 12.5 Å². The Balaban J connectivity index is 1.75. The SMILES string of the molecule is COc1cncc(C(=O)N2CC[C@@H]3O[C@@H]3C2)c1. The van der Waals surface area contributed by atoms with Gasteiger partial charge in [-0.3, -0.25) is 9.78 Å². The van der Waals surface area contributed by atoms with E-state index < -0.39 is 0 Å². The maximum absolute atomic E-state index is 12.2. The summed E-state index contributed by atoms with van der Waals surface area (Å²) < 4.78 is 10.5. The Hall–Kier alpha value is -1.62. The molecule has 0 saturated carbocycles. The zero-order valence-corrected chi connectivity index (χ0v) is 9.63. The van der Waals surface area contributed by atoms with E-state index in [1.54, 1.807) is 25.6 Å². The zero-order chi connectivity index (χ0) is 11.8. The van der Waals surface area contributed by atoms with Crippen LogP contribution in [0.25, 0.3) is 0 Å². The molecule has 0 radical (unpaired) electrons. The van der Waals surface area contributed by atoms with Gasteiger partial charge in [-0.25, -0.2) is 0 Å². The lowest BCUT2D eigenvalue weighted by Gasteiger charge is -2.24. The van der Waals surface area contributed by atoms with Gasteiger partial charge in [0, 0.05) is 19.3 Å². The second kappa shape index (κ2) is 4.00. The van der Waals surface area contributed by atoms with E-state index in [0.717, 1.165) is 13.0 Å². The second-order valence-electron chi connectivity index (χ2n) is 4.37. The summed E-state index contributed by atoms with van der Waals surface area (Å²) in [5.41, 5.74) is 0.573. The predicted molar refractivity (Wildman–Crippen MR) is 60.0 cm³/mol. The second-order valence-corrected chi connectivity index (χ2v) is 4.37. The summed E-state index contributed by atoms with van der Waals surface area (Å²) in [6.45, 7) is 1.46. The third-order valence-electron chi connectivity index (χ3n) is 3.25. The van der Waals surface area contributed by atoms with Crippen LogP contribution in [-0.4, -0.2) is 48.2 Å². The molecule has 2 saturated heterocycles. The number of piperidine rings is 1. The number of likely N-dealkylation sites (tertiary alicyclic amines) is 1. The van der Waals surface area contributed by atoms with Gasteiger partial charge in [0.1, 0.15) is 11.9 Å². The average Bonchev–Trinajstić information content (AvgIpc) is 3.16. The smallest absolute Gasteiger partial charge is 0.255 e. The predicted octanol–water partition coefficient (Wildman–Crippen LogP) is 0.703. The summed E-state index contributed by atoms with van der Waals surface area (Å²) >= 11 is 0. The first-order chi connectivity index (χ1) is 8.28. The highest BCUT2D eigenvalue weighted by molar-refractivity contribution is 5.94. The Kier molecular flexibility index (Phi) is 2.48. The summed E-state index contributed by atoms with van der Waals surface area (Å²) in [5.74, 6) is 0.610. The van der Waals surface area contributed by atoms with Crippen LogP contribution in [0.1, 0.15) is 16.8 Å². The van der Waals surface area contributed by atoms with Crippen molar-refractivity contribution in [3.8, 4) is 5.75 Å². The fourth-order valence-electron chi connectivity index (χ4n) is 2.20. The van der Waals surface area contributed by atoms with Crippen LogP contribution in [0.15, 0.2) is 18.5 Å². The van der Waals surface area contributed by atoms with Crippen LogP contribution < -0.4 is 4.74 Å². The Morgan fingerprint density at radius 1 is 1.53 bits per heavy atom. The van der Waals surface area contributed by atoms with Crippen molar-refractivity contribution in [2.45, 2.75) is 18.6 Å². The zero-order valence-electron chi connectivity index (χ0n) is 9.63. The summed E-state index contributed by atoms with van der Waals surface area (Å²) in [4.78, 5) is 18.0. The minimum absolute atomic E-state index is 0.00495. The molecule has 0 aromatic carbocycles. The Morgan fingerprint density at radius 2 is 2.41 bits per heavy atom. The van der Waals surface area contributed by atoms with E-state index >= 15 is 0 Å². The molecule has 2 atom stereocenters. The van der Waals surface area contributed by atoms with Crippen LogP contribution in [0.5, 0.6) is 5.75 Å². The van der Waals surface area contributed by atoms with Crippen molar-refractivity contribution in [2.24, 2.45) is 0 Å². The number of ether oxygens (including phenoxy) is 2. The van der Waals surface area contributed by atoms with Gasteiger partial charge >= 0.3 is 0 Å². The van der Waals surface area contributed by atoms with E-state index in [-0.39, 0.29) is 12.0 Å². The lowest BCUT2D eigenvalue weighted by Crippen LogP contribution is -2.39. The number of pyridine rings is 1. The largest absolute Gasteiger partial charge is 0.495 e. The normalized spacial score (nSPS) is 26.3. The molecule has 0 aliphatic carbocycles. The topological polar surface area (TPSA) is 55.0 Å². The molecule has 17 heavy (non-hydrogen) atoms. The highest BCUT2D eigenvalue weighted by Crippen LogP contribution is 2.31. The fourth-order valence-corrected chi connectivity index (χ4v) is 2.20. The Labute approximate surface area is 99.3 Å². The number of amides is 1. The molecule has 1 aromatic rings. The van der Waals surface area contributed by atoms with Crippen LogP contribution in [0, 0.1) is 0 Å². The molecule has 1 aromatic heterocycles. The number of epoxide rings is 1. The number of aromatic nitrogens is 1. The van der Waals surface area contributed by atoms with Crippen molar-refractivity contribution < 1.29 is 14.3 Å². The molecule has 5 nitrogen and oxygen atoms in total. The van der Waals surface area contributed by atoms with Crippen LogP contribution in [0.3, 0.4) is 0 Å². The van der Waals surface area contributed by atoms with Crippen molar-refractivity contribution in [3.05, 3.63) is 24.0 Å². The summed E-state index contributed by atoms with van der Waals surface area (Å²) in [6, 6.07) is 1.72. The molecule has 90 valence electrons. The average molecular weight is 234 g/mol. The number of methoxy groups -OCH3 is 1. The molecule has 2 fully saturated rings. The van der Waals surface area contributed by atoms with E-state index in [0.29, 0.717) is 24.0 Å². The van der Waals surface area contributed by atoms with Crippen molar-refractivity contribution in [1.29, 1.82) is 0 Å². The monoisotopic (exact) mass is 234 g/mol. The van der Waals surface area contributed by atoms with Crippen LogP contribution >= 0.6 is 0 Å². The molecule has 0 bridgehead atoms. The van der Waals surface area contributed by atoms with Gasteiger partial charge in [0.25, 0.3) is 5.91 Å². The fraction of sp³-hybridized carbons (Fsp3) is 0.500. The van der Waals surface area contributed by atoms with Gasteiger partial charge in [0.15, 0.2) is 0 Å². The summed E-state index contributed by atoms with van der Waals surface area (Å²) in [5, 5.41) is 0. The maximum atomic E-state index is 12.2. The van der Waals surface area contributed by atoms with Crippen LogP contribution in [0.2, 0.25) is 0 Å². The highest BCUT2D eigenvalue weighted by atomic mass is 16.6. The van der Waals surface area contributed by atoms with Crippen LogP contribution in [-0.2, 0) is 4.74 Å². The van der Waals surface area contributed by atoms with Crippen LogP contribution in [0.4, 0.5) is 0 Å². The highest BCUT2D eigenvalue weighted by Gasteiger charge is 2.44. The minimum Gasteiger partial charge on any atom is -0.495 e. The first-order valence-corrected chi connectivity index (χ1v) is 5.71. The molecule has 0 N–H and O–H groups in total. The Morgan fingerprint density at radius 3 is 3.18 bits per heavy atom. The van der Waals surface area contributed by atoms with E-state index in [2.05, 4.69) is 4.98 Å². The van der Waals surface area contributed by atoms with E-state index in [4.69, 9.17) is 9.47 Å². The number of nitrogens with zero attached hydrogens (tertiary/aromatic N) is 2. The van der Waals surface area contributed by atoms with Gasteiger partial charge < -0.3 is 14.4 Å². The molecule has 2 aliphatic rings. The van der Waals surface area contributed by atoms with E-state index in [9.17, 15) is 4.79 Å². The molecule has 5 heteroatoms. The third-order valence-corrected chi connectivity index (χ3v) is 3.25. The minimum atomic E-state index is 0.00495. The molecular weight excluding hydrogens is 220 g/mol. The number of carbonyl (C=O) groups is 1. The first-order valence-electron chi connectivity index (χ1n) is 5.71. The molecule has 0 spiro atoms. The lowest BCUT2D eigenvalue weighted by atomic mass is 10.1. The van der Waals surface area contributed by atoms with Gasteiger partial charge in [0.2, 0.25) is 0 Å². The summed E-state index contributed by atoms with van der Waals surface area (Å²) in [6.07, 6.45) is 4.75. The third kappa shape index (κ3) is 1.98. The van der Waals surface area contributed by atoms with Crippen molar-refractivity contribution in [2.75, 3.05) is 20.2 Å². The van der Waals surface area contributed by atoms with Crippen molar-refractivity contribution in [1.82, 2.24) is 9.88 Å². The van der Waals surface area contributed by atoms with E-state index in [1.165, 1.54) is 0 Å². The van der Waals surface area contributed by atoms with E-state index in [1.807, 2.05) is 4.90 Å². The molecule has 3 heterocycles. The Bertz CT molecular complexity index is 449. The molecule has 1 amide bonds. The number of carbonyl (C=O) groups excluding carboxylic acids is 1. The van der Waals surface area contributed by atoms with Crippen molar-refractivity contribution in [3.63, 3.8) is 0 Å². The quantitative estimate of drug-likeness (QED) is 0.707. The summed E-state index contributed by atoms with van der Waals surface area (Å²) in [7, 11) is 1.56. The van der Waals surface area contributed by atoms with Gasteiger partial charge in [-0.2, -0.15) is 0 Å². The number of fused-ring (bicyclic) bond motifs is 1. The number of hydrogen-bond donors (Lipinski definition) is 0. The maximum Gasteiger partial charge on any atom is 0.255 e. The van der Waals surface area contributed by atoms with Gasteiger partial charge in [0.05, 0.1) is 25.0 Å². The lowest BCUT2D eigenvalue weighted by molar-refractivity contribution is 0.0736. The molecule has 3 rings (SSSR count). The first kappa shape index (κ1) is 10.5. The molecular formula is C12H14N2O3. The molecule has 0 unspecified atom stereocenters. The van der Waals surface area contributed by atoms with Gasteiger partial charge in [-0.15, -0.1) is 0 Å². The number of rotatable bonds is 2. The van der Waals surface area contributed by atoms with Gasteiger partial charge in [-0.1, -0.05) is 0 Å². The standard InChI is InChI=1S/C12H14N2O3/c1-16-9-4-8(5-13-6-9)12(15)14-3-2-10-11(7-14)17-10/h4-6,10-11H,2-3,7H2,1H3/t10-,11+/m0/s1. The van der Waals surface area contributed by atoms with Crippen molar-refractivity contribution >= 4 is 5.91 Å².